The summed E-state index contributed by atoms with van der Waals surface area (Å²) in [6.45, 7) is -3.03. The second kappa shape index (κ2) is 5.44. The van der Waals surface area contributed by atoms with E-state index >= 15 is 0 Å². The minimum atomic E-state index is -3.03. The Morgan fingerprint density at radius 1 is 1.41 bits per heavy atom. The number of carbonyl (C=O) groups is 1. The van der Waals surface area contributed by atoms with E-state index in [-0.39, 0.29) is 17.1 Å². The van der Waals surface area contributed by atoms with Gasteiger partial charge in [0.25, 0.3) is 0 Å². The summed E-state index contributed by atoms with van der Waals surface area (Å²) in [6.07, 6.45) is 0. The molecule has 0 aliphatic heterocycles. The van der Waals surface area contributed by atoms with Gasteiger partial charge in [0.1, 0.15) is 6.04 Å². The van der Waals surface area contributed by atoms with Crippen LogP contribution in [0.4, 0.5) is 8.78 Å². The van der Waals surface area contributed by atoms with Crippen LogP contribution in [-0.2, 0) is 4.79 Å². The van der Waals surface area contributed by atoms with Crippen LogP contribution in [0, 0.1) is 0 Å². The molecule has 0 bridgehead atoms. The van der Waals surface area contributed by atoms with Gasteiger partial charge < -0.3 is 20.3 Å². The number of hydrogen-bond acceptors (Lipinski definition) is 4. The molecule has 0 saturated carbocycles. The Labute approximate surface area is 95.7 Å². The highest BCUT2D eigenvalue weighted by molar-refractivity contribution is 5.75. The molecule has 0 amide bonds. The summed E-state index contributed by atoms with van der Waals surface area (Å²) in [5.74, 6) is -1.44. The number of nitrogens with two attached hydrogens (primary N) is 1. The van der Waals surface area contributed by atoms with Gasteiger partial charge in [-0.25, -0.2) is 0 Å². The first kappa shape index (κ1) is 13.2. The zero-order valence-corrected chi connectivity index (χ0v) is 8.89. The van der Waals surface area contributed by atoms with E-state index in [0.29, 0.717) is 0 Å². The largest absolute Gasteiger partial charge is 0.493 e. The van der Waals surface area contributed by atoms with Gasteiger partial charge in [0.2, 0.25) is 0 Å². The number of carboxylic acids is 1. The Morgan fingerprint density at radius 2 is 2.06 bits per heavy atom. The third-order valence-electron chi connectivity index (χ3n) is 2.03. The van der Waals surface area contributed by atoms with E-state index in [1.807, 2.05) is 0 Å². The topological polar surface area (TPSA) is 81.8 Å². The van der Waals surface area contributed by atoms with Crippen molar-refractivity contribution in [2.45, 2.75) is 12.7 Å². The van der Waals surface area contributed by atoms with Gasteiger partial charge in [0, 0.05) is 0 Å². The molecule has 0 aliphatic rings. The highest BCUT2D eigenvalue weighted by Gasteiger charge is 2.18. The number of aliphatic carboxylic acids is 1. The predicted octanol–water partition coefficient (Wildman–Crippen LogP) is 1.38. The summed E-state index contributed by atoms with van der Waals surface area (Å²) in [6, 6.07) is 2.50. The molecule has 0 unspecified atom stereocenters. The fourth-order valence-corrected chi connectivity index (χ4v) is 1.22. The summed E-state index contributed by atoms with van der Waals surface area (Å²) in [7, 11) is 1.28. The maximum absolute atomic E-state index is 12.1. The Balaban J connectivity index is 3.08. The van der Waals surface area contributed by atoms with Crippen LogP contribution in [0.1, 0.15) is 11.6 Å². The van der Waals surface area contributed by atoms with Crippen molar-refractivity contribution in [1.29, 1.82) is 0 Å². The zero-order valence-electron chi connectivity index (χ0n) is 8.89. The molecular weight excluding hydrogens is 236 g/mol. The number of methoxy groups -OCH3 is 1. The summed E-state index contributed by atoms with van der Waals surface area (Å²) in [5, 5.41) is 8.69. The number of hydrogen-bond donors (Lipinski definition) is 2. The normalized spacial score (nSPS) is 12.3. The summed E-state index contributed by atoms with van der Waals surface area (Å²) in [4.78, 5) is 10.6. The lowest BCUT2D eigenvalue weighted by molar-refractivity contribution is -0.138. The van der Waals surface area contributed by atoms with Crippen molar-refractivity contribution in [3.05, 3.63) is 23.8 Å². The summed E-state index contributed by atoms with van der Waals surface area (Å²) < 4.78 is 33.2. The average molecular weight is 247 g/mol. The van der Waals surface area contributed by atoms with Gasteiger partial charge in [-0.1, -0.05) is 6.07 Å². The van der Waals surface area contributed by atoms with Gasteiger partial charge in [0.15, 0.2) is 11.5 Å². The minimum absolute atomic E-state index is 0.0756. The lowest BCUT2D eigenvalue weighted by atomic mass is 10.1. The molecule has 1 atom stereocenters. The number of benzene rings is 1. The van der Waals surface area contributed by atoms with Crippen molar-refractivity contribution in [2.24, 2.45) is 5.73 Å². The molecule has 0 aliphatic carbocycles. The maximum atomic E-state index is 12.1. The molecule has 94 valence electrons. The Bertz CT molecular complexity index is 411. The first-order chi connectivity index (χ1) is 7.95. The molecule has 0 fully saturated rings. The van der Waals surface area contributed by atoms with Crippen molar-refractivity contribution in [3.63, 3.8) is 0 Å². The van der Waals surface area contributed by atoms with E-state index in [1.54, 1.807) is 0 Å². The van der Waals surface area contributed by atoms with Crippen molar-refractivity contribution in [2.75, 3.05) is 7.11 Å². The second-order valence-corrected chi connectivity index (χ2v) is 3.10. The first-order valence-electron chi connectivity index (χ1n) is 4.57. The molecule has 0 spiro atoms. The van der Waals surface area contributed by atoms with Crippen molar-refractivity contribution < 1.29 is 28.2 Å². The summed E-state index contributed by atoms with van der Waals surface area (Å²) >= 11 is 0. The molecule has 17 heavy (non-hydrogen) atoms. The van der Waals surface area contributed by atoms with Gasteiger partial charge in [-0.2, -0.15) is 8.78 Å². The van der Waals surface area contributed by atoms with Crippen LogP contribution in [0.5, 0.6) is 11.5 Å². The quantitative estimate of drug-likeness (QED) is 0.821. The molecule has 7 heteroatoms. The zero-order chi connectivity index (χ0) is 13.0. The number of alkyl halides is 2. The van der Waals surface area contributed by atoms with Gasteiger partial charge in [0.05, 0.1) is 7.11 Å². The van der Waals surface area contributed by atoms with Crippen LogP contribution >= 0.6 is 0 Å². The van der Waals surface area contributed by atoms with Gasteiger partial charge in [-0.3, -0.25) is 4.79 Å². The number of carboxylic acid groups (broad SMARTS) is 1. The molecule has 3 N–H and O–H groups in total. The van der Waals surface area contributed by atoms with Crippen LogP contribution in [0.25, 0.3) is 0 Å². The van der Waals surface area contributed by atoms with E-state index in [2.05, 4.69) is 4.74 Å². The van der Waals surface area contributed by atoms with Gasteiger partial charge >= 0.3 is 12.6 Å². The molecule has 0 saturated heterocycles. The minimum Gasteiger partial charge on any atom is -0.493 e. The van der Waals surface area contributed by atoms with E-state index < -0.39 is 18.6 Å². The van der Waals surface area contributed by atoms with Gasteiger partial charge in [-0.15, -0.1) is 0 Å². The lowest BCUT2D eigenvalue weighted by Gasteiger charge is -2.13. The Kier molecular flexibility index (Phi) is 4.22. The van der Waals surface area contributed by atoms with Crippen molar-refractivity contribution >= 4 is 5.97 Å². The third kappa shape index (κ3) is 3.28. The number of rotatable bonds is 5. The van der Waals surface area contributed by atoms with Gasteiger partial charge in [-0.05, 0) is 17.7 Å². The fourth-order valence-electron chi connectivity index (χ4n) is 1.22. The predicted molar refractivity (Wildman–Crippen MR) is 54.2 cm³/mol. The molecule has 1 aromatic rings. The van der Waals surface area contributed by atoms with Crippen LogP contribution in [0.3, 0.4) is 0 Å². The monoisotopic (exact) mass is 247 g/mol. The smallest absolute Gasteiger partial charge is 0.387 e. The van der Waals surface area contributed by atoms with Crippen LogP contribution in [0.15, 0.2) is 18.2 Å². The molecular formula is C10H11F2NO4. The summed E-state index contributed by atoms with van der Waals surface area (Å²) in [5.41, 5.74) is 5.49. The highest BCUT2D eigenvalue weighted by atomic mass is 19.3. The van der Waals surface area contributed by atoms with Crippen LogP contribution < -0.4 is 15.2 Å². The molecule has 1 rings (SSSR count). The molecule has 0 heterocycles. The van der Waals surface area contributed by atoms with Crippen LogP contribution in [0.2, 0.25) is 0 Å². The average Bonchev–Trinajstić information content (AvgIpc) is 2.27. The lowest BCUT2D eigenvalue weighted by Crippen LogP contribution is -2.20. The third-order valence-corrected chi connectivity index (χ3v) is 2.03. The van der Waals surface area contributed by atoms with Crippen molar-refractivity contribution in [3.8, 4) is 11.5 Å². The van der Waals surface area contributed by atoms with Crippen molar-refractivity contribution in [1.82, 2.24) is 0 Å². The Hall–Kier alpha value is -1.89. The standard InChI is InChI=1S/C10H11F2NO4/c1-16-6-3-2-5(8(13)9(14)15)4-7(6)17-10(11)12/h2-4,8,10H,13H2,1H3,(H,14,15)/t8-/m0/s1. The van der Waals surface area contributed by atoms with E-state index in [1.165, 1.54) is 19.2 Å². The van der Waals surface area contributed by atoms with E-state index in [9.17, 15) is 13.6 Å². The molecule has 1 aromatic carbocycles. The molecule has 5 nitrogen and oxygen atoms in total. The second-order valence-electron chi connectivity index (χ2n) is 3.10. The Morgan fingerprint density at radius 3 is 2.53 bits per heavy atom. The van der Waals surface area contributed by atoms with E-state index in [4.69, 9.17) is 15.6 Å². The molecule has 0 radical (unpaired) electrons. The first-order valence-corrected chi connectivity index (χ1v) is 4.57. The SMILES string of the molecule is COc1ccc([C@H](N)C(=O)O)cc1OC(F)F. The van der Waals surface area contributed by atoms with E-state index in [0.717, 1.165) is 6.07 Å². The maximum Gasteiger partial charge on any atom is 0.387 e. The number of ether oxygens (including phenoxy) is 2. The number of halogens is 2. The molecule has 0 aromatic heterocycles. The fraction of sp³-hybridized carbons (Fsp3) is 0.300. The van der Waals surface area contributed by atoms with Crippen LogP contribution in [-0.4, -0.2) is 24.8 Å². The highest BCUT2D eigenvalue weighted by Crippen LogP contribution is 2.31.